The second-order valence-electron chi connectivity index (χ2n) is 5.27. The van der Waals surface area contributed by atoms with Gasteiger partial charge in [-0.25, -0.2) is 0 Å². The summed E-state index contributed by atoms with van der Waals surface area (Å²) in [5.74, 6) is -1.36. The minimum absolute atomic E-state index is 0.0497. The smallest absolute Gasteiger partial charge is 0.180 e. The minimum atomic E-state index is -1.92. The Kier molecular flexibility index (Phi) is 3.07. The van der Waals surface area contributed by atoms with Crippen molar-refractivity contribution in [1.82, 2.24) is 0 Å². The Bertz CT molecular complexity index is 329. The highest BCUT2D eigenvalue weighted by Crippen LogP contribution is 2.60. The van der Waals surface area contributed by atoms with Crippen LogP contribution >= 0.6 is 0 Å². The molecule has 0 aromatic rings. The molecule has 90 valence electrons. The number of hydrogen-bond donors (Lipinski definition) is 1. The Balaban J connectivity index is 2.85. The molecular formula is C12H18O4. The van der Waals surface area contributed by atoms with Crippen molar-refractivity contribution in [2.75, 3.05) is 0 Å². The minimum Gasteiger partial charge on any atom is -0.375 e. The molecule has 1 aliphatic carbocycles. The second kappa shape index (κ2) is 3.77. The maximum absolute atomic E-state index is 11.3. The molecule has 0 heterocycles. The van der Waals surface area contributed by atoms with Crippen molar-refractivity contribution in [1.29, 1.82) is 0 Å². The van der Waals surface area contributed by atoms with E-state index >= 15 is 0 Å². The molecule has 0 aliphatic heterocycles. The van der Waals surface area contributed by atoms with Crippen molar-refractivity contribution >= 4 is 17.9 Å². The van der Waals surface area contributed by atoms with Crippen molar-refractivity contribution in [2.24, 2.45) is 17.3 Å². The summed E-state index contributed by atoms with van der Waals surface area (Å²) >= 11 is 0. The van der Waals surface area contributed by atoms with E-state index in [0.29, 0.717) is 0 Å². The van der Waals surface area contributed by atoms with Crippen LogP contribution in [-0.2, 0) is 14.4 Å². The number of Topliss-reactive ketones (excluding diaryl/α,β-unsaturated/α-hetero) is 2. The summed E-state index contributed by atoms with van der Waals surface area (Å²) in [5.41, 5.74) is -2.14. The van der Waals surface area contributed by atoms with Gasteiger partial charge in [-0.3, -0.25) is 9.59 Å². The predicted octanol–water partition coefficient (Wildman–Crippen LogP) is 0.757. The van der Waals surface area contributed by atoms with Crippen LogP contribution in [0.3, 0.4) is 0 Å². The summed E-state index contributed by atoms with van der Waals surface area (Å²) in [6.07, 6.45) is 0.888. The number of hydrogen-bond acceptors (Lipinski definition) is 4. The van der Waals surface area contributed by atoms with Crippen LogP contribution < -0.4 is 0 Å². The van der Waals surface area contributed by atoms with Crippen molar-refractivity contribution in [3.63, 3.8) is 0 Å². The molecule has 1 N–H and O–H groups in total. The fraction of sp³-hybridized carbons (Fsp3) is 0.750. The lowest BCUT2D eigenvalue weighted by Crippen LogP contribution is -2.44. The van der Waals surface area contributed by atoms with Crippen molar-refractivity contribution in [3.8, 4) is 0 Å². The zero-order valence-corrected chi connectivity index (χ0v) is 10.1. The fourth-order valence-corrected chi connectivity index (χ4v) is 2.30. The lowest BCUT2D eigenvalue weighted by molar-refractivity contribution is -0.149. The Morgan fingerprint density at radius 3 is 2.00 bits per heavy atom. The number of rotatable bonds is 5. The van der Waals surface area contributed by atoms with E-state index in [1.165, 1.54) is 13.8 Å². The van der Waals surface area contributed by atoms with Crippen LogP contribution in [0.2, 0.25) is 0 Å². The van der Waals surface area contributed by atoms with E-state index in [0.717, 1.165) is 6.29 Å². The molecule has 0 aromatic heterocycles. The quantitative estimate of drug-likeness (QED) is 0.555. The molecule has 0 spiro atoms. The fourth-order valence-electron chi connectivity index (χ4n) is 2.30. The molecule has 1 rings (SSSR count). The monoisotopic (exact) mass is 226 g/mol. The third-order valence-corrected chi connectivity index (χ3v) is 3.97. The molecule has 0 saturated heterocycles. The van der Waals surface area contributed by atoms with Gasteiger partial charge < -0.3 is 9.90 Å². The first-order valence-electron chi connectivity index (χ1n) is 5.37. The Hall–Kier alpha value is -1.03. The van der Waals surface area contributed by atoms with Gasteiger partial charge in [0.25, 0.3) is 0 Å². The van der Waals surface area contributed by atoms with Crippen molar-refractivity contribution in [2.45, 2.75) is 39.7 Å². The number of aldehydes is 1. The summed E-state index contributed by atoms with van der Waals surface area (Å²) in [6.45, 7) is 6.20. The maximum atomic E-state index is 11.3. The van der Waals surface area contributed by atoms with Crippen LogP contribution in [0.4, 0.5) is 0 Å². The van der Waals surface area contributed by atoms with Gasteiger partial charge >= 0.3 is 0 Å². The molecule has 1 fully saturated rings. The van der Waals surface area contributed by atoms with Gasteiger partial charge in [0.1, 0.15) is 6.29 Å². The Labute approximate surface area is 95.0 Å². The maximum Gasteiger partial charge on any atom is 0.180 e. The molecule has 0 radical (unpaired) electrons. The molecule has 0 bridgehead atoms. The van der Waals surface area contributed by atoms with Gasteiger partial charge in [0.05, 0.1) is 0 Å². The van der Waals surface area contributed by atoms with Crippen LogP contribution in [0, 0.1) is 17.3 Å². The molecule has 0 amide bonds. The van der Waals surface area contributed by atoms with E-state index in [9.17, 15) is 19.5 Å². The number of carbonyl (C=O) groups excluding carboxylic acids is 3. The van der Waals surface area contributed by atoms with Gasteiger partial charge in [0, 0.05) is 5.92 Å². The average molecular weight is 226 g/mol. The molecular weight excluding hydrogens is 208 g/mol. The van der Waals surface area contributed by atoms with Gasteiger partial charge in [-0.15, -0.1) is 0 Å². The van der Waals surface area contributed by atoms with E-state index in [-0.39, 0.29) is 23.7 Å². The first kappa shape index (κ1) is 13.0. The molecule has 4 nitrogen and oxygen atoms in total. The highest BCUT2D eigenvalue weighted by Gasteiger charge is 2.61. The third kappa shape index (κ3) is 1.82. The van der Waals surface area contributed by atoms with Gasteiger partial charge in [-0.05, 0) is 31.6 Å². The molecule has 4 heteroatoms. The molecule has 0 aromatic carbocycles. The number of carbonyl (C=O) groups is 3. The Morgan fingerprint density at radius 1 is 1.31 bits per heavy atom. The number of ketones is 2. The summed E-state index contributed by atoms with van der Waals surface area (Å²) in [6, 6.07) is 0. The SMILES string of the molecule is CC(=O)C(O)(CC1C(C=O)C1(C)C)C(C)=O. The van der Waals surface area contributed by atoms with Crippen LogP contribution in [0.1, 0.15) is 34.1 Å². The zero-order valence-electron chi connectivity index (χ0n) is 10.1. The first-order chi connectivity index (χ1) is 7.17. The molecule has 2 atom stereocenters. The zero-order chi connectivity index (χ0) is 12.7. The molecule has 16 heavy (non-hydrogen) atoms. The Morgan fingerprint density at radius 2 is 1.75 bits per heavy atom. The average Bonchev–Trinajstić information content (AvgIpc) is 2.66. The second-order valence-corrected chi connectivity index (χ2v) is 5.27. The summed E-state index contributed by atoms with van der Waals surface area (Å²) < 4.78 is 0. The summed E-state index contributed by atoms with van der Waals surface area (Å²) in [4.78, 5) is 33.4. The largest absolute Gasteiger partial charge is 0.375 e. The molecule has 1 aliphatic rings. The van der Waals surface area contributed by atoms with E-state index in [4.69, 9.17) is 0 Å². The van der Waals surface area contributed by atoms with Crippen LogP contribution in [-0.4, -0.2) is 28.6 Å². The summed E-state index contributed by atoms with van der Waals surface area (Å²) in [7, 11) is 0. The first-order valence-corrected chi connectivity index (χ1v) is 5.37. The predicted molar refractivity (Wildman–Crippen MR) is 57.8 cm³/mol. The van der Waals surface area contributed by atoms with Crippen molar-refractivity contribution < 1.29 is 19.5 Å². The van der Waals surface area contributed by atoms with Crippen LogP contribution in [0.15, 0.2) is 0 Å². The standard InChI is InChI=1S/C12H18O4/c1-7(14)12(16,8(2)15)5-9-10(6-13)11(9,3)4/h6,9-10,16H,5H2,1-4H3. The van der Waals surface area contributed by atoms with E-state index in [2.05, 4.69) is 0 Å². The van der Waals surface area contributed by atoms with Gasteiger partial charge in [0.15, 0.2) is 17.2 Å². The lowest BCUT2D eigenvalue weighted by atomic mass is 9.87. The van der Waals surface area contributed by atoms with Crippen LogP contribution in [0.25, 0.3) is 0 Å². The van der Waals surface area contributed by atoms with Crippen molar-refractivity contribution in [3.05, 3.63) is 0 Å². The van der Waals surface area contributed by atoms with Gasteiger partial charge in [0.2, 0.25) is 0 Å². The van der Waals surface area contributed by atoms with Crippen LogP contribution in [0.5, 0.6) is 0 Å². The molecule has 2 unspecified atom stereocenters. The van der Waals surface area contributed by atoms with E-state index < -0.39 is 17.2 Å². The number of aliphatic hydroxyl groups is 1. The van der Waals surface area contributed by atoms with Gasteiger partial charge in [-0.1, -0.05) is 13.8 Å². The molecule has 1 saturated carbocycles. The topological polar surface area (TPSA) is 71.4 Å². The lowest BCUT2D eigenvalue weighted by Gasteiger charge is -2.22. The highest BCUT2D eigenvalue weighted by molar-refractivity contribution is 6.08. The van der Waals surface area contributed by atoms with Gasteiger partial charge in [-0.2, -0.15) is 0 Å². The van der Waals surface area contributed by atoms with E-state index in [1.807, 2.05) is 13.8 Å². The summed E-state index contributed by atoms with van der Waals surface area (Å²) in [5, 5.41) is 10.0. The normalized spacial score (nSPS) is 27.3. The highest BCUT2D eigenvalue weighted by atomic mass is 16.3. The van der Waals surface area contributed by atoms with E-state index in [1.54, 1.807) is 0 Å². The third-order valence-electron chi connectivity index (χ3n) is 3.97.